The Morgan fingerprint density at radius 2 is 1.56 bits per heavy atom. The molecule has 5 rings (SSSR count). The van der Waals surface area contributed by atoms with Crippen molar-refractivity contribution in [2.24, 2.45) is 0 Å². The molecule has 0 saturated carbocycles. The van der Waals surface area contributed by atoms with Crippen molar-refractivity contribution >= 4 is 34.0 Å². The minimum Gasteiger partial charge on any atom is -0.361 e. The van der Waals surface area contributed by atoms with E-state index in [1.165, 1.54) is 4.90 Å². The molecule has 0 bridgehead atoms. The molecule has 1 aliphatic rings. The number of aryl methyl sites for hydroxylation is 1. The fourth-order valence-corrected chi connectivity index (χ4v) is 4.65. The van der Waals surface area contributed by atoms with Gasteiger partial charge in [0.15, 0.2) is 0 Å². The molecular weight excluding hydrogens is 422 g/mol. The van der Waals surface area contributed by atoms with Gasteiger partial charge in [-0.25, -0.2) is 0 Å². The lowest BCUT2D eigenvalue weighted by atomic mass is 10.0. The van der Waals surface area contributed by atoms with Gasteiger partial charge in [0.1, 0.15) is 5.70 Å². The number of amides is 2. The van der Waals surface area contributed by atoms with E-state index in [1.807, 2.05) is 97.7 Å². The summed E-state index contributed by atoms with van der Waals surface area (Å²) < 4.78 is 0. The molecule has 0 unspecified atom stereocenters. The summed E-state index contributed by atoms with van der Waals surface area (Å²) in [5.74, 6) is -0.482. The number of nitrogens with zero attached hydrogens (tertiary/aromatic N) is 2. The number of carbonyl (C=O) groups excluding carboxylic acids is 2. The molecule has 0 fully saturated rings. The summed E-state index contributed by atoms with van der Waals surface area (Å²) in [4.78, 5) is 34.1. The van der Waals surface area contributed by atoms with Gasteiger partial charge in [0, 0.05) is 35.9 Å². The zero-order valence-corrected chi connectivity index (χ0v) is 19.4. The van der Waals surface area contributed by atoms with Crippen molar-refractivity contribution < 1.29 is 9.59 Å². The summed E-state index contributed by atoms with van der Waals surface area (Å²) >= 11 is 0. The first-order chi connectivity index (χ1) is 16.6. The molecule has 2 amide bonds. The van der Waals surface area contributed by atoms with Gasteiger partial charge in [-0.15, -0.1) is 0 Å². The molecule has 5 nitrogen and oxygen atoms in total. The van der Waals surface area contributed by atoms with Crippen molar-refractivity contribution in [2.45, 2.75) is 20.3 Å². The Labute approximate surface area is 199 Å². The molecular formula is C29H27N3O2. The van der Waals surface area contributed by atoms with Gasteiger partial charge in [-0.1, -0.05) is 66.2 Å². The number of aromatic amines is 1. The van der Waals surface area contributed by atoms with Gasteiger partial charge in [-0.3, -0.25) is 14.5 Å². The number of rotatable bonds is 7. The van der Waals surface area contributed by atoms with Crippen LogP contribution in [0.2, 0.25) is 0 Å². The maximum atomic E-state index is 13.8. The second-order valence-electron chi connectivity index (χ2n) is 8.54. The van der Waals surface area contributed by atoms with E-state index in [-0.39, 0.29) is 11.8 Å². The number of anilines is 1. The van der Waals surface area contributed by atoms with Gasteiger partial charge in [0.25, 0.3) is 11.8 Å². The molecule has 0 atom stereocenters. The van der Waals surface area contributed by atoms with Crippen LogP contribution in [0.3, 0.4) is 0 Å². The Hall–Kier alpha value is -4.12. The summed E-state index contributed by atoms with van der Waals surface area (Å²) in [6.45, 7) is 4.91. The number of hydrogen-bond donors (Lipinski definition) is 1. The standard InChI is InChI=1S/C29H27N3O2/c1-3-31(23-9-5-4-6-10-23)27-26(21-15-13-20(2)14-16-21)28(33)32(29(27)34)18-17-22-19-30-25-12-8-7-11-24(22)25/h4-16,19,30H,3,17-18H2,1-2H3. The zero-order valence-electron chi connectivity index (χ0n) is 19.4. The molecule has 0 radical (unpaired) electrons. The monoisotopic (exact) mass is 449 g/mol. The fraction of sp³-hybridized carbons (Fsp3) is 0.172. The first kappa shape index (κ1) is 21.7. The summed E-state index contributed by atoms with van der Waals surface area (Å²) in [6, 6.07) is 25.7. The molecule has 1 N–H and O–H groups in total. The van der Waals surface area contributed by atoms with Crippen molar-refractivity contribution in [3.8, 4) is 0 Å². The molecule has 1 aliphatic heterocycles. The number of para-hydroxylation sites is 2. The van der Waals surface area contributed by atoms with Crippen LogP contribution in [0.1, 0.15) is 23.6 Å². The van der Waals surface area contributed by atoms with Gasteiger partial charge in [0.2, 0.25) is 0 Å². The van der Waals surface area contributed by atoms with Crippen molar-refractivity contribution in [1.29, 1.82) is 0 Å². The van der Waals surface area contributed by atoms with Crippen molar-refractivity contribution in [3.05, 3.63) is 107 Å². The van der Waals surface area contributed by atoms with Crippen LogP contribution in [0, 0.1) is 6.92 Å². The van der Waals surface area contributed by atoms with Crippen LogP contribution in [0.25, 0.3) is 16.5 Å². The van der Waals surface area contributed by atoms with E-state index >= 15 is 0 Å². The van der Waals surface area contributed by atoms with E-state index in [0.717, 1.165) is 33.3 Å². The Balaban J connectivity index is 1.52. The average molecular weight is 450 g/mol. The summed E-state index contributed by atoms with van der Waals surface area (Å²) in [5, 5.41) is 1.12. The molecule has 0 saturated heterocycles. The lowest BCUT2D eigenvalue weighted by Crippen LogP contribution is -2.36. The summed E-state index contributed by atoms with van der Waals surface area (Å²) in [5.41, 5.74) is 5.83. The highest BCUT2D eigenvalue weighted by Gasteiger charge is 2.41. The highest BCUT2D eigenvalue weighted by molar-refractivity contribution is 6.36. The fourth-order valence-electron chi connectivity index (χ4n) is 4.65. The molecule has 0 aliphatic carbocycles. The van der Waals surface area contributed by atoms with Gasteiger partial charge in [0.05, 0.1) is 5.57 Å². The Kier molecular flexibility index (Phi) is 5.76. The minimum atomic E-state index is -0.244. The normalized spacial score (nSPS) is 13.9. The highest BCUT2D eigenvalue weighted by Crippen LogP contribution is 2.34. The van der Waals surface area contributed by atoms with Crippen molar-refractivity contribution in [2.75, 3.05) is 18.0 Å². The topological polar surface area (TPSA) is 56.4 Å². The molecule has 3 aromatic carbocycles. The second kappa shape index (κ2) is 9.02. The SMILES string of the molecule is CCN(C1=C(c2ccc(C)cc2)C(=O)N(CCc2c[nH]c3ccccc23)C1=O)c1ccccc1. The summed E-state index contributed by atoms with van der Waals surface area (Å²) in [6.07, 6.45) is 2.56. The largest absolute Gasteiger partial charge is 0.361 e. The third-order valence-corrected chi connectivity index (χ3v) is 6.42. The van der Waals surface area contributed by atoms with E-state index in [2.05, 4.69) is 11.1 Å². The van der Waals surface area contributed by atoms with E-state index in [1.54, 1.807) is 0 Å². The van der Waals surface area contributed by atoms with Crippen LogP contribution in [0.5, 0.6) is 0 Å². The van der Waals surface area contributed by atoms with Gasteiger partial charge >= 0.3 is 0 Å². The van der Waals surface area contributed by atoms with Gasteiger partial charge in [-0.2, -0.15) is 0 Å². The first-order valence-electron chi connectivity index (χ1n) is 11.6. The molecule has 34 heavy (non-hydrogen) atoms. The zero-order chi connectivity index (χ0) is 23.7. The Morgan fingerprint density at radius 3 is 2.29 bits per heavy atom. The van der Waals surface area contributed by atoms with Crippen LogP contribution < -0.4 is 4.90 Å². The van der Waals surface area contributed by atoms with Crippen LogP contribution in [0.15, 0.2) is 90.8 Å². The summed E-state index contributed by atoms with van der Waals surface area (Å²) in [7, 11) is 0. The third kappa shape index (κ3) is 3.79. The van der Waals surface area contributed by atoms with Crippen LogP contribution in [-0.2, 0) is 16.0 Å². The number of hydrogen-bond acceptors (Lipinski definition) is 3. The quantitative estimate of drug-likeness (QED) is 0.388. The predicted molar refractivity (Wildman–Crippen MR) is 136 cm³/mol. The molecule has 0 spiro atoms. The number of H-pyrrole nitrogens is 1. The Bertz CT molecular complexity index is 1380. The second-order valence-corrected chi connectivity index (χ2v) is 8.54. The number of carbonyl (C=O) groups is 2. The van der Waals surface area contributed by atoms with E-state index in [9.17, 15) is 9.59 Å². The number of benzene rings is 3. The lowest BCUT2D eigenvalue weighted by molar-refractivity contribution is -0.136. The van der Waals surface area contributed by atoms with Gasteiger partial charge < -0.3 is 9.88 Å². The molecule has 5 heteroatoms. The Morgan fingerprint density at radius 1 is 0.853 bits per heavy atom. The third-order valence-electron chi connectivity index (χ3n) is 6.42. The van der Waals surface area contributed by atoms with Crippen LogP contribution in [0.4, 0.5) is 5.69 Å². The van der Waals surface area contributed by atoms with E-state index in [0.29, 0.717) is 30.8 Å². The number of aromatic nitrogens is 1. The number of fused-ring (bicyclic) bond motifs is 1. The van der Waals surface area contributed by atoms with Crippen LogP contribution in [-0.4, -0.2) is 34.8 Å². The van der Waals surface area contributed by atoms with Crippen molar-refractivity contribution in [1.82, 2.24) is 9.88 Å². The molecule has 4 aromatic rings. The first-order valence-corrected chi connectivity index (χ1v) is 11.6. The molecule has 2 heterocycles. The van der Waals surface area contributed by atoms with E-state index < -0.39 is 0 Å². The molecule has 1 aromatic heterocycles. The maximum Gasteiger partial charge on any atom is 0.278 e. The lowest BCUT2D eigenvalue weighted by Gasteiger charge is -2.25. The highest BCUT2D eigenvalue weighted by atomic mass is 16.2. The maximum absolute atomic E-state index is 13.8. The predicted octanol–water partition coefficient (Wildman–Crippen LogP) is 5.33. The van der Waals surface area contributed by atoms with E-state index in [4.69, 9.17) is 0 Å². The van der Waals surface area contributed by atoms with Gasteiger partial charge in [-0.05, 0) is 49.6 Å². The minimum absolute atomic E-state index is 0.238. The number of nitrogens with one attached hydrogen (secondary N) is 1. The average Bonchev–Trinajstić information content (AvgIpc) is 3.38. The smallest absolute Gasteiger partial charge is 0.278 e. The number of likely N-dealkylation sites (N-methyl/N-ethyl adjacent to an activating group) is 1. The molecule has 170 valence electrons. The van der Waals surface area contributed by atoms with Crippen molar-refractivity contribution in [3.63, 3.8) is 0 Å². The number of imide groups is 1. The van der Waals surface area contributed by atoms with Crippen LogP contribution >= 0.6 is 0 Å².